The lowest BCUT2D eigenvalue weighted by Crippen LogP contribution is -2.39. The number of carbonyl (C=O) groups is 2. The number of nitrogens with one attached hydrogen (secondary N) is 1. The number of amides is 3. The van der Waals surface area contributed by atoms with Crippen molar-refractivity contribution < 1.29 is 14.3 Å². The third kappa shape index (κ3) is 3.95. The van der Waals surface area contributed by atoms with Crippen LogP contribution in [0.3, 0.4) is 0 Å². The molecule has 2 aromatic rings. The standard InChI is InChI=1S/C18H20ClN5O3S/c1-11(16(25)23-9-8-20-17(23)26)28-18-22-21-15(24(18)12-6-7-12)10-27-14-5-3-2-4-13(14)19/h2-5,11-12H,6-10H2,1H3,(H,20,26)/t11-/m0/s1. The number of rotatable bonds is 7. The Morgan fingerprint density at radius 1 is 1.39 bits per heavy atom. The first-order chi connectivity index (χ1) is 13.5. The number of para-hydroxylation sites is 1. The van der Waals surface area contributed by atoms with Gasteiger partial charge in [-0.1, -0.05) is 35.5 Å². The number of aromatic nitrogens is 3. The predicted octanol–water partition coefficient (Wildman–Crippen LogP) is 2.88. The second kappa shape index (κ2) is 8.00. The minimum absolute atomic E-state index is 0.223. The Balaban J connectivity index is 1.47. The quantitative estimate of drug-likeness (QED) is 0.691. The lowest BCUT2D eigenvalue weighted by atomic mass is 10.3. The van der Waals surface area contributed by atoms with E-state index in [0.29, 0.717) is 40.9 Å². The molecule has 1 saturated carbocycles. The van der Waals surface area contributed by atoms with E-state index in [1.807, 2.05) is 16.7 Å². The van der Waals surface area contributed by atoms with Crippen molar-refractivity contribution in [3.8, 4) is 5.75 Å². The Morgan fingerprint density at radius 2 is 2.18 bits per heavy atom. The highest BCUT2D eigenvalue weighted by atomic mass is 35.5. The Morgan fingerprint density at radius 3 is 2.86 bits per heavy atom. The maximum atomic E-state index is 12.6. The number of hydrogen-bond donors (Lipinski definition) is 1. The van der Waals surface area contributed by atoms with Gasteiger partial charge in [-0.15, -0.1) is 10.2 Å². The summed E-state index contributed by atoms with van der Waals surface area (Å²) in [6.07, 6.45) is 2.09. The molecule has 3 amide bonds. The van der Waals surface area contributed by atoms with Crippen LogP contribution in [-0.2, 0) is 11.4 Å². The lowest BCUT2D eigenvalue weighted by Gasteiger charge is -2.17. The van der Waals surface area contributed by atoms with Crippen LogP contribution < -0.4 is 10.1 Å². The Bertz CT molecular complexity index is 901. The van der Waals surface area contributed by atoms with Crippen molar-refractivity contribution >= 4 is 35.3 Å². The first-order valence-corrected chi connectivity index (χ1v) is 10.4. The zero-order valence-electron chi connectivity index (χ0n) is 15.3. The summed E-state index contributed by atoms with van der Waals surface area (Å²) in [5.74, 6) is 1.06. The smallest absolute Gasteiger partial charge is 0.324 e. The number of hydrogen-bond acceptors (Lipinski definition) is 6. The summed E-state index contributed by atoms with van der Waals surface area (Å²) in [6.45, 7) is 2.91. The molecule has 0 unspecified atom stereocenters. The zero-order valence-corrected chi connectivity index (χ0v) is 16.9. The fraction of sp³-hybridized carbons (Fsp3) is 0.444. The molecule has 2 heterocycles. The van der Waals surface area contributed by atoms with Crippen LogP contribution in [0.1, 0.15) is 31.6 Å². The van der Waals surface area contributed by atoms with Gasteiger partial charge in [-0.3, -0.25) is 14.3 Å². The highest BCUT2D eigenvalue weighted by Crippen LogP contribution is 2.40. The van der Waals surface area contributed by atoms with E-state index in [0.717, 1.165) is 12.8 Å². The molecule has 8 nitrogen and oxygen atoms in total. The second-order valence-corrected chi connectivity index (χ2v) is 8.42. The van der Waals surface area contributed by atoms with Gasteiger partial charge < -0.3 is 10.1 Å². The molecule has 28 heavy (non-hydrogen) atoms. The van der Waals surface area contributed by atoms with Crippen molar-refractivity contribution in [2.45, 2.75) is 42.8 Å². The van der Waals surface area contributed by atoms with Gasteiger partial charge in [0.2, 0.25) is 5.91 Å². The molecule has 1 saturated heterocycles. The topological polar surface area (TPSA) is 89.3 Å². The lowest BCUT2D eigenvalue weighted by molar-refractivity contribution is -0.126. The van der Waals surface area contributed by atoms with Crippen molar-refractivity contribution in [2.75, 3.05) is 13.1 Å². The molecule has 1 aromatic carbocycles. The number of ether oxygens (including phenoxy) is 1. The van der Waals surface area contributed by atoms with E-state index < -0.39 is 5.25 Å². The number of urea groups is 1. The van der Waals surface area contributed by atoms with Crippen LogP contribution in [-0.4, -0.2) is 49.9 Å². The summed E-state index contributed by atoms with van der Waals surface area (Å²) in [6, 6.07) is 7.25. The van der Waals surface area contributed by atoms with Gasteiger partial charge in [-0.05, 0) is 31.9 Å². The van der Waals surface area contributed by atoms with Gasteiger partial charge in [0.15, 0.2) is 11.0 Å². The molecule has 148 valence electrons. The normalized spacial score (nSPS) is 17.5. The highest BCUT2D eigenvalue weighted by molar-refractivity contribution is 8.00. The average Bonchev–Trinajstić information content (AvgIpc) is 3.31. The molecule has 0 radical (unpaired) electrons. The monoisotopic (exact) mass is 421 g/mol. The van der Waals surface area contributed by atoms with Crippen molar-refractivity contribution in [3.63, 3.8) is 0 Å². The van der Waals surface area contributed by atoms with Gasteiger partial charge in [-0.2, -0.15) is 0 Å². The van der Waals surface area contributed by atoms with E-state index >= 15 is 0 Å². The minimum atomic E-state index is -0.442. The summed E-state index contributed by atoms with van der Waals surface area (Å²) < 4.78 is 7.85. The SMILES string of the molecule is C[C@H](Sc1nnc(COc2ccccc2Cl)n1C1CC1)C(=O)N1CCNC1=O. The molecule has 0 bridgehead atoms. The van der Waals surface area contributed by atoms with Crippen molar-refractivity contribution in [1.82, 2.24) is 25.0 Å². The fourth-order valence-corrected chi connectivity index (χ4v) is 4.19. The van der Waals surface area contributed by atoms with Gasteiger partial charge >= 0.3 is 6.03 Å². The third-order valence-electron chi connectivity index (χ3n) is 4.59. The van der Waals surface area contributed by atoms with Gasteiger partial charge in [-0.25, -0.2) is 4.79 Å². The number of carbonyl (C=O) groups excluding carboxylic acids is 2. The average molecular weight is 422 g/mol. The summed E-state index contributed by atoms with van der Waals surface area (Å²) in [4.78, 5) is 25.5. The number of nitrogens with zero attached hydrogens (tertiary/aromatic N) is 4. The Hall–Kier alpha value is -2.26. The largest absolute Gasteiger partial charge is 0.484 e. The van der Waals surface area contributed by atoms with Crippen LogP contribution in [0.5, 0.6) is 5.75 Å². The third-order valence-corrected chi connectivity index (χ3v) is 5.95. The van der Waals surface area contributed by atoms with E-state index in [4.69, 9.17) is 16.3 Å². The number of imide groups is 1. The van der Waals surface area contributed by atoms with Crippen LogP contribution in [0.25, 0.3) is 0 Å². The van der Waals surface area contributed by atoms with Crippen LogP contribution in [0.4, 0.5) is 4.79 Å². The molecular weight excluding hydrogens is 402 g/mol. The molecule has 10 heteroatoms. The predicted molar refractivity (Wildman–Crippen MR) is 105 cm³/mol. The minimum Gasteiger partial charge on any atom is -0.484 e. The van der Waals surface area contributed by atoms with Gasteiger partial charge in [0.1, 0.15) is 12.4 Å². The first kappa shape index (κ1) is 19.1. The summed E-state index contributed by atoms with van der Waals surface area (Å²) in [5, 5.41) is 11.9. The second-order valence-electron chi connectivity index (χ2n) is 6.70. The summed E-state index contributed by atoms with van der Waals surface area (Å²) in [5.41, 5.74) is 0. The summed E-state index contributed by atoms with van der Waals surface area (Å²) >= 11 is 7.46. The Labute approximate surface area is 171 Å². The maximum absolute atomic E-state index is 12.6. The van der Waals surface area contributed by atoms with Crippen LogP contribution in [0.2, 0.25) is 5.02 Å². The van der Waals surface area contributed by atoms with Crippen molar-refractivity contribution in [1.29, 1.82) is 0 Å². The molecule has 1 aromatic heterocycles. The van der Waals surface area contributed by atoms with E-state index in [9.17, 15) is 9.59 Å². The van der Waals surface area contributed by atoms with E-state index in [2.05, 4.69) is 15.5 Å². The van der Waals surface area contributed by atoms with Crippen LogP contribution in [0, 0.1) is 0 Å². The number of halogens is 1. The zero-order chi connectivity index (χ0) is 19.7. The van der Waals surface area contributed by atoms with Crippen molar-refractivity contribution in [2.24, 2.45) is 0 Å². The van der Waals surface area contributed by atoms with Gasteiger partial charge in [0.25, 0.3) is 0 Å². The van der Waals surface area contributed by atoms with E-state index in [1.165, 1.54) is 16.7 Å². The molecule has 0 spiro atoms. The molecule has 1 aliphatic heterocycles. The van der Waals surface area contributed by atoms with Crippen LogP contribution in [0.15, 0.2) is 29.4 Å². The van der Waals surface area contributed by atoms with Gasteiger partial charge in [0, 0.05) is 19.1 Å². The first-order valence-electron chi connectivity index (χ1n) is 9.11. The van der Waals surface area contributed by atoms with E-state index in [-0.39, 0.29) is 18.5 Å². The summed E-state index contributed by atoms with van der Waals surface area (Å²) in [7, 11) is 0. The molecule has 2 aliphatic rings. The molecule has 2 fully saturated rings. The molecular formula is C18H20ClN5O3S. The molecule has 4 rings (SSSR count). The maximum Gasteiger partial charge on any atom is 0.324 e. The molecule has 1 atom stereocenters. The number of benzene rings is 1. The van der Waals surface area contributed by atoms with Gasteiger partial charge in [0.05, 0.1) is 10.3 Å². The molecule has 1 N–H and O–H groups in total. The van der Waals surface area contributed by atoms with E-state index in [1.54, 1.807) is 19.1 Å². The van der Waals surface area contributed by atoms with Crippen LogP contribution >= 0.6 is 23.4 Å². The highest BCUT2D eigenvalue weighted by Gasteiger charge is 2.34. The Kier molecular flexibility index (Phi) is 5.45. The molecule has 1 aliphatic carbocycles. The fourth-order valence-electron chi connectivity index (χ4n) is 3.00. The number of thioether (sulfide) groups is 1. The van der Waals surface area contributed by atoms with Crippen molar-refractivity contribution in [3.05, 3.63) is 35.1 Å².